The molecule has 0 fully saturated rings. The third-order valence-electron chi connectivity index (χ3n) is 3.45. The quantitative estimate of drug-likeness (QED) is 0.903. The number of hydrogen-bond donors (Lipinski definition) is 1. The van der Waals surface area contributed by atoms with Crippen LogP contribution < -0.4 is 10.1 Å². The topological polar surface area (TPSA) is 58.6 Å². The first kappa shape index (κ1) is 17.8. The highest BCUT2D eigenvalue weighted by atomic mass is 35.5. The molecule has 0 bridgehead atoms. The molecule has 2 amide bonds. The van der Waals surface area contributed by atoms with E-state index in [1.54, 1.807) is 19.2 Å². The number of ether oxygens (including phenoxy) is 1. The van der Waals surface area contributed by atoms with E-state index in [1.807, 2.05) is 31.2 Å². The standard InChI is InChI=1S/C18H19ClN2O3/c1-12-4-7-14(8-5-12)20-17(22)11-21(2)18(23)15-10-13(19)6-9-16(15)24-3/h4-10H,11H2,1-3H3,(H,20,22). The van der Waals surface area contributed by atoms with E-state index < -0.39 is 0 Å². The number of rotatable bonds is 5. The summed E-state index contributed by atoms with van der Waals surface area (Å²) in [5.74, 6) is -0.209. The molecule has 0 heterocycles. The molecule has 0 aromatic heterocycles. The minimum Gasteiger partial charge on any atom is -0.496 e. The van der Waals surface area contributed by atoms with Crippen LogP contribution in [0, 0.1) is 6.92 Å². The number of anilines is 1. The lowest BCUT2D eigenvalue weighted by Gasteiger charge is -2.18. The van der Waals surface area contributed by atoms with Gasteiger partial charge in [-0.25, -0.2) is 0 Å². The Morgan fingerprint density at radius 3 is 2.46 bits per heavy atom. The minimum atomic E-state index is -0.339. The van der Waals surface area contributed by atoms with Crippen molar-refractivity contribution in [2.75, 3.05) is 26.0 Å². The van der Waals surface area contributed by atoms with Crippen molar-refractivity contribution >= 4 is 29.1 Å². The maximum Gasteiger partial charge on any atom is 0.257 e. The molecule has 0 aliphatic carbocycles. The molecule has 0 atom stereocenters. The lowest BCUT2D eigenvalue weighted by atomic mass is 10.1. The first-order chi connectivity index (χ1) is 11.4. The van der Waals surface area contributed by atoms with Gasteiger partial charge >= 0.3 is 0 Å². The maximum atomic E-state index is 12.5. The molecule has 0 saturated carbocycles. The van der Waals surface area contributed by atoms with Crippen LogP contribution in [0.4, 0.5) is 5.69 Å². The fraction of sp³-hybridized carbons (Fsp3) is 0.222. The second-order valence-electron chi connectivity index (χ2n) is 5.42. The Morgan fingerprint density at radius 1 is 1.17 bits per heavy atom. The maximum absolute atomic E-state index is 12.5. The molecule has 2 aromatic rings. The average molecular weight is 347 g/mol. The molecule has 24 heavy (non-hydrogen) atoms. The van der Waals surface area contributed by atoms with Crippen molar-refractivity contribution in [1.82, 2.24) is 4.90 Å². The SMILES string of the molecule is COc1ccc(Cl)cc1C(=O)N(C)CC(=O)Nc1ccc(C)cc1. The Balaban J connectivity index is 2.04. The lowest BCUT2D eigenvalue weighted by Crippen LogP contribution is -2.35. The number of methoxy groups -OCH3 is 1. The molecule has 0 spiro atoms. The Labute approximate surface area is 146 Å². The van der Waals surface area contributed by atoms with Gasteiger partial charge in [0.2, 0.25) is 5.91 Å². The zero-order valence-electron chi connectivity index (χ0n) is 13.8. The first-order valence-electron chi connectivity index (χ1n) is 7.36. The van der Waals surface area contributed by atoms with E-state index in [1.165, 1.54) is 18.1 Å². The number of amides is 2. The fourth-order valence-corrected chi connectivity index (χ4v) is 2.35. The van der Waals surface area contributed by atoms with Crippen LogP contribution in [0.1, 0.15) is 15.9 Å². The van der Waals surface area contributed by atoms with Gasteiger partial charge in [-0.1, -0.05) is 29.3 Å². The lowest BCUT2D eigenvalue weighted by molar-refractivity contribution is -0.116. The summed E-state index contributed by atoms with van der Waals surface area (Å²) in [5, 5.41) is 3.18. The van der Waals surface area contributed by atoms with Gasteiger partial charge in [-0.15, -0.1) is 0 Å². The van der Waals surface area contributed by atoms with Crippen LogP contribution in [0.2, 0.25) is 5.02 Å². The summed E-state index contributed by atoms with van der Waals surface area (Å²) in [4.78, 5) is 25.9. The van der Waals surface area contributed by atoms with Crippen molar-refractivity contribution in [1.29, 1.82) is 0 Å². The highest BCUT2D eigenvalue weighted by Gasteiger charge is 2.19. The summed E-state index contributed by atoms with van der Waals surface area (Å²) in [6, 6.07) is 12.2. The van der Waals surface area contributed by atoms with E-state index in [0.717, 1.165) is 5.56 Å². The van der Waals surface area contributed by atoms with E-state index in [2.05, 4.69) is 5.32 Å². The molecule has 126 valence electrons. The van der Waals surface area contributed by atoms with Gasteiger partial charge in [-0.05, 0) is 37.3 Å². The number of aryl methyl sites for hydroxylation is 1. The predicted octanol–water partition coefficient (Wildman–Crippen LogP) is 3.37. The zero-order valence-corrected chi connectivity index (χ0v) is 14.6. The van der Waals surface area contributed by atoms with Crippen LogP contribution in [0.25, 0.3) is 0 Å². The van der Waals surface area contributed by atoms with Crippen molar-refractivity contribution in [2.24, 2.45) is 0 Å². The summed E-state index contributed by atoms with van der Waals surface area (Å²) >= 11 is 5.94. The molecule has 2 rings (SSSR count). The van der Waals surface area contributed by atoms with E-state index in [4.69, 9.17) is 16.3 Å². The molecule has 0 aliphatic heterocycles. The number of nitrogens with zero attached hydrogens (tertiary/aromatic N) is 1. The molecular formula is C18H19ClN2O3. The Bertz CT molecular complexity index is 744. The fourth-order valence-electron chi connectivity index (χ4n) is 2.18. The molecule has 0 unspecified atom stereocenters. The van der Waals surface area contributed by atoms with Crippen LogP contribution >= 0.6 is 11.6 Å². The normalized spacial score (nSPS) is 10.2. The highest BCUT2D eigenvalue weighted by Crippen LogP contribution is 2.23. The molecule has 1 N–H and O–H groups in total. The molecule has 6 heteroatoms. The number of hydrogen-bond acceptors (Lipinski definition) is 3. The average Bonchev–Trinajstić information content (AvgIpc) is 2.56. The summed E-state index contributed by atoms with van der Waals surface area (Å²) in [6.45, 7) is 1.89. The number of carbonyl (C=O) groups is 2. The van der Waals surface area contributed by atoms with Gasteiger partial charge in [0.15, 0.2) is 0 Å². The molecule has 0 saturated heterocycles. The Hall–Kier alpha value is -2.53. The molecule has 0 radical (unpaired) electrons. The van der Waals surface area contributed by atoms with Crippen LogP contribution in [-0.4, -0.2) is 37.4 Å². The smallest absolute Gasteiger partial charge is 0.257 e. The van der Waals surface area contributed by atoms with E-state index >= 15 is 0 Å². The number of benzene rings is 2. The molecule has 5 nitrogen and oxygen atoms in total. The molecular weight excluding hydrogens is 328 g/mol. The van der Waals surface area contributed by atoms with Gasteiger partial charge < -0.3 is 15.0 Å². The van der Waals surface area contributed by atoms with Gasteiger partial charge in [0.05, 0.1) is 19.2 Å². The number of likely N-dealkylation sites (N-methyl/N-ethyl adjacent to an activating group) is 1. The monoisotopic (exact) mass is 346 g/mol. The van der Waals surface area contributed by atoms with Gasteiger partial charge in [0, 0.05) is 17.8 Å². The van der Waals surface area contributed by atoms with Crippen LogP contribution in [-0.2, 0) is 4.79 Å². The summed E-state index contributed by atoms with van der Waals surface area (Å²) in [6.07, 6.45) is 0. The van der Waals surface area contributed by atoms with Gasteiger partial charge in [-0.3, -0.25) is 9.59 Å². The van der Waals surface area contributed by atoms with Crippen LogP contribution in [0.15, 0.2) is 42.5 Å². The molecule has 0 aliphatic rings. The second-order valence-corrected chi connectivity index (χ2v) is 5.86. The molecule has 2 aromatic carbocycles. The van der Waals surface area contributed by atoms with Crippen molar-refractivity contribution in [2.45, 2.75) is 6.92 Å². The van der Waals surface area contributed by atoms with Crippen molar-refractivity contribution in [3.8, 4) is 5.75 Å². The summed E-state index contributed by atoms with van der Waals surface area (Å²) in [5.41, 5.74) is 2.11. The summed E-state index contributed by atoms with van der Waals surface area (Å²) < 4.78 is 5.18. The van der Waals surface area contributed by atoms with Gasteiger partial charge in [-0.2, -0.15) is 0 Å². The predicted molar refractivity (Wildman–Crippen MR) is 94.8 cm³/mol. The van der Waals surface area contributed by atoms with Crippen LogP contribution in [0.3, 0.4) is 0 Å². The number of halogens is 1. The zero-order chi connectivity index (χ0) is 17.7. The Morgan fingerprint density at radius 2 is 1.83 bits per heavy atom. The van der Waals surface area contributed by atoms with E-state index in [0.29, 0.717) is 22.0 Å². The van der Waals surface area contributed by atoms with Gasteiger partial charge in [0.25, 0.3) is 5.91 Å². The van der Waals surface area contributed by atoms with Crippen molar-refractivity contribution in [3.63, 3.8) is 0 Å². The van der Waals surface area contributed by atoms with Crippen molar-refractivity contribution in [3.05, 3.63) is 58.6 Å². The third kappa shape index (κ3) is 4.49. The summed E-state index contributed by atoms with van der Waals surface area (Å²) in [7, 11) is 3.03. The van der Waals surface area contributed by atoms with E-state index in [9.17, 15) is 9.59 Å². The largest absolute Gasteiger partial charge is 0.496 e. The third-order valence-corrected chi connectivity index (χ3v) is 3.69. The number of carbonyl (C=O) groups excluding carboxylic acids is 2. The van der Waals surface area contributed by atoms with E-state index in [-0.39, 0.29) is 18.4 Å². The second kappa shape index (κ2) is 7.84. The van der Waals surface area contributed by atoms with Crippen LogP contribution in [0.5, 0.6) is 5.75 Å². The van der Waals surface area contributed by atoms with Gasteiger partial charge in [0.1, 0.15) is 5.75 Å². The number of nitrogens with one attached hydrogen (secondary N) is 1. The Kier molecular flexibility index (Phi) is 5.82. The van der Waals surface area contributed by atoms with Crippen molar-refractivity contribution < 1.29 is 14.3 Å². The minimum absolute atomic E-state index is 0.0810. The first-order valence-corrected chi connectivity index (χ1v) is 7.74. The highest BCUT2D eigenvalue weighted by molar-refractivity contribution is 6.31.